The van der Waals surface area contributed by atoms with Gasteiger partial charge in [0.15, 0.2) is 0 Å². The standard InChI is InChI=1S/C12H22ClN5/c1-3-17-4-6-18(7-5-17)10(8-14)11-12(13)16(2)9-15-11/h9-10H,3-8,14H2,1-2H3. The Morgan fingerprint density at radius 1 is 1.39 bits per heavy atom. The fraction of sp³-hybridized carbons (Fsp3) is 0.750. The molecule has 0 spiro atoms. The molecule has 0 aliphatic carbocycles. The molecule has 1 atom stereocenters. The van der Waals surface area contributed by atoms with Crippen LogP contribution in [0.1, 0.15) is 18.7 Å². The van der Waals surface area contributed by atoms with Gasteiger partial charge in [-0.15, -0.1) is 0 Å². The Labute approximate surface area is 114 Å². The van der Waals surface area contributed by atoms with Gasteiger partial charge in [-0.05, 0) is 6.54 Å². The summed E-state index contributed by atoms with van der Waals surface area (Å²) in [5, 5.41) is 0.698. The van der Waals surface area contributed by atoms with E-state index in [1.807, 2.05) is 11.6 Å². The van der Waals surface area contributed by atoms with Crippen molar-refractivity contribution in [3.05, 3.63) is 17.2 Å². The van der Waals surface area contributed by atoms with Crippen molar-refractivity contribution in [3.63, 3.8) is 0 Å². The highest BCUT2D eigenvalue weighted by Gasteiger charge is 2.27. The molecule has 0 amide bonds. The van der Waals surface area contributed by atoms with Gasteiger partial charge in [0.1, 0.15) is 5.15 Å². The molecule has 0 radical (unpaired) electrons. The van der Waals surface area contributed by atoms with Crippen molar-refractivity contribution < 1.29 is 0 Å². The molecule has 102 valence electrons. The SMILES string of the molecule is CCN1CCN(C(CN)c2ncn(C)c2Cl)CC1. The molecule has 2 heterocycles. The van der Waals surface area contributed by atoms with Crippen molar-refractivity contribution in [2.75, 3.05) is 39.3 Å². The number of piperazine rings is 1. The molecule has 1 fully saturated rings. The second-order valence-electron chi connectivity index (χ2n) is 4.75. The summed E-state index contributed by atoms with van der Waals surface area (Å²) in [5.41, 5.74) is 6.83. The van der Waals surface area contributed by atoms with E-state index in [4.69, 9.17) is 17.3 Å². The van der Waals surface area contributed by atoms with Crippen molar-refractivity contribution in [2.45, 2.75) is 13.0 Å². The Balaban J connectivity index is 2.08. The number of nitrogens with two attached hydrogens (primary N) is 1. The highest BCUT2D eigenvalue weighted by molar-refractivity contribution is 6.30. The number of aromatic nitrogens is 2. The molecule has 18 heavy (non-hydrogen) atoms. The van der Waals surface area contributed by atoms with Gasteiger partial charge in [-0.3, -0.25) is 4.90 Å². The topological polar surface area (TPSA) is 50.3 Å². The van der Waals surface area contributed by atoms with Crippen molar-refractivity contribution in [1.29, 1.82) is 0 Å². The predicted octanol–water partition coefficient (Wildman–Crippen LogP) is 0.711. The molecular formula is C12H22ClN5. The largest absolute Gasteiger partial charge is 0.329 e. The van der Waals surface area contributed by atoms with Gasteiger partial charge in [0.25, 0.3) is 0 Å². The lowest BCUT2D eigenvalue weighted by atomic mass is 10.1. The molecule has 5 nitrogen and oxygen atoms in total. The van der Waals surface area contributed by atoms with Crippen LogP contribution in [-0.4, -0.2) is 58.6 Å². The first-order valence-electron chi connectivity index (χ1n) is 6.50. The smallest absolute Gasteiger partial charge is 0.133 e. The van der Waals surface area contributed by atoms with Crippen LogP contribution >= 0.6 is 11.6 Å². The number of aryl methyl sites for hydroxylation is 1. The predicted molar refractivity (Wildman–Crippen MR) is 73.7 cm³/mol. The Hall–Kier alpha value is -0.620. The van der Waals surface area contributed by atoms with Gasteiger partial charge in [-0.25, -0.2) is 4.98 Å². The van der Waals surface area contributed by atoms with Crippen LogP contribution in [0, 0.1) is 0 Å². The summed E-state index contributed by atoms with van der Waals surface area (Å²) in [4.78, 5) is 9.23. The van der Waals surface area contributed by atoms with Gasteiger partial charge in [0.2, 0.25) is 0 Å². The second kappa shape index (κ2) is 6.02. The molecule has 2 N–H and O–H groups in total. The summed E-state index contributed by atoms with van der Waals surface area (Å²) >= 11 is 6.27. The van der Waals surface area contributed by atoms with Crippen LogP contribution in [0.5, 0.6) is 0 Å². The molecule has 0 saturated carbocycles. The lowest BCUT2D eigenvalue weighted by Gasteiger charge is -2.38. The normalized spacial score (nSPS) is 20.2. The van der Waals surface area contributed by atoms with Crippen LogP contribution in [0.3, 0.4) is 0 Å². The van der Waals surface area contributed by atoms with E-state index in [-0.39, 0.29) is 6.04 Å². The number of halogens is 1. The Morgan fingerprint density at radius 3 is 2.50 bits per heavy atom. The second-order valence-corrected chi connectivity index (χ2v) is 5.11. The average Bonchev–Trinajstić information content (AvgIpc) is 2.73. The molecule has 0 aromatic carbocycles. The molecular weight excluding hydrogens is 250 g/mol. The Bertz CT molecular complexity index is 384. The third-order valence-electron chi connectivity index (χ3n) is 3.72. The molecule has 6 heteroatoms. The summed E-state index contributed by atoms with van der Waals surface area (Å²) in [6.45, 7) is 8.13. The van der Waals surface area contributed by atoms with Crippen LogP contribution < -0.4 is 5.73 Å². The Kier molecular flexibility index (Phi) is 4.61. The van der Waals surface area contributed by atoms with E-state index in [1.54, 1.807) is 6.33 Å². The first-order chi connectivity index (χ1) is 8.67. The number of rotatable bonds is 4. The summed E-state index contributed by atoms with van der Waals surface area (Å²) in [7, 11) is 1.90. The van der Waals surface area contributed by atoms with Gasteiger partial charge in [0, 0.05) is 39.8 Å². The first kappa shape index (κ1) is 13.8. The molecule has 1 aromatic rings. The Morgan fingerprint density at radius 2 is 2.06 bits per heavy atom. The van der Waals surface area contributed by atoms with E-state index in [9.17, 15) is 0 Å². The molecule has 1 aliphatic rings. The fourth-order valence-corrected chi connectivity index (χ4v) is 2.70. The minimum absolute atomic E-state index is 0.137. The van der Waals surface area contributed by atoms with Gasteiger partial charge in [-0.1, -0.05) is 18.5 Å². The molecule has 2 rings (SSSR count). The lowest BCUT2D eigenvalue weighted by Crippen LogP contribution is -2.48. The van der Waals surface area contributed by atoms with E-state index >= 15 is 0 Å². The van der Waals surface area contributed by atoms with Gasteiger partial charge >= 0.3 is 0 Å². The minimum Gasteiger partial charge on any atom is -0.329 e. The van der Waals surface area contributed by atoms with Crippen molar-refractivity contribution >= 4 is 11.6 Å². The highest BCUT2D eigenvalue weighted by Crippen LogP contribution is 2.26. The summed E-state index contributed by atoms with van der Waals surface area (Å²) in [6, 6.07) is 0.137. The molecule has 1 saturated heterocycles. The summed E-state index contributed by atoms with van der Waals surface area (Å²) in [6.07, 6.45) is 1.75. The maximum atomic E-state index is 6.27. The summed E-state index contributed by atoms with van der Waals surface area (Å²) < 4.78 is 1.84. The average molecular weight is 272 g/mol. The summed E-state index contributed by atoms with van der Waals surface area (Å²) in [5.74, 6) is 0. The maximum absolute atomic E-state index is 6.27. The number of hydrogen-bond acceptors (Lipinski definition) is 4. The highest BCUT2D eigenvalue weighted by atomic mass is 35.5. The fourth-order valence-electron chi connectivity index (χ4n) is 2.48. The van der Waals surface area contributed by atoms with Crippen molar-refractivity contribution in [3.8, 4) is 0 Å². The van der Waals surface area contributed by atoms with Crippen molar-refractivity contribution in [1.82, 2.24) is 19.4 Å². The van der Waals surface area contributed by atoms with Crippen LogP contribution in [0.4, 0.5) is 0 Å². The van der Waals surface area contributed by atoms with E-state index in [0.29, 0.717) is 11.7 Å². The van der Waals surface area contributed by atoms with E-state index in [1.165, 1.54) is 0 Å². The molecule has 1 aliphatic heterocycles. The molecule has 1 unspecified atom stereocenters. The van der Waals surface area contributed by atoms with Gasteiger partial charge in [0.05, 0.1) is 18.1 Å². The number of imidazole rings is 1. The molecule has 1 aromatic heterocycles. The third-order valence-corrected chi connectivity index (χ3v) is 4.19. The van der Waals surface area contributed by atoms with E-state index in [2.05, 4.69) is 21.7 Å². The quantitative estimate of drug-likeness (QED) is 0.876. The zero-order valence-electron chi connectivity index (χ0n) is 11.1. The maximum Gasteiger partial charge on any atom is 0.133 e. The number of nitrogens with zero attached hydrogens (tertiary/aromatic N) is 4. The van der Waals surface area contributed by atoms with Crippen LogP contribution in [0.2, 0.25) is 5.15 Å². The van der Waals surface area contributed by atoms with E-state index in [0.717, 1.165) is 38.4 Å². The van der Waals surface area contributed by atoms with E-state index < -0.39 is 0 Å². The zero-order chi connectivity index (χ0) is 13.1. The van der Waals surface area contributed by atoms with Crippen LogP contribution in [0.25, 0.3) is 0 Å². The van der Waals surface area contributed by atoms with Crippen molar-refractivity contribution in [2.24, 2.45) is 12.8 Å². The minimum atomic E-state index is 0.137. The monoisotopic (exact) mass is 271 g/mol. The van der Waals surface area contributed by atoms with Crippen LogP contribution in [0.15, 0.2) is 6.33 Å². The van der Waals surface area contributed by atoms with Gasteiger partial charge < -0.3 is 15.2 Å². The van der Waals surface area contributed by atoms with Crippen LogP contribution in [-0.2, 0) is 7.05 Å². The molecule has 0 bridgehead atoms. The zero-order valence-corrected chi connectivity index (χ0v) is 11.9. The third kappa shape index (κ3) is 2.69. The number of likely N-dealkylation sites (N-methyl/N-ethyl adjacent to an activating group) is 1. The van der Waals surface area contributed by atoms with Gasteiger partial charge in [-0.2, -0.15) is 0 Å². The number of hydrogen-bond donors (Lipinski definition) is 1. The first-order valence-corrected chi connectivity index (χ1v) is 6.88. The lowest BCUT2D eigenvalue weighted by molar-refractivity contribution is 0.100.